The standard InChI is InChI=1S/C12H14FN3/c1-12(2,3)11-8-14-16(15-11)10-6-4-9(13)5-7-10/h4-8H,1-3H3. The Morgan fingerprint density at radius 3 is 2.25 bits per heavy atom. The van der Waals surface area contributed by atoms with E-state index in [0.29, 0.717) is 0 Å². The van der Waals surface area contributed by atoms with E-state index in [2.05, 4.69) is 31.0 Å². The minimum absolute atomic E-state index is 0.0295. The molecule has 0 amide bonds. The van der Waals surface area contributed by atoms with Crippen molar-refractivity contribution in [2.45, 2.75) is 26.2 Å². The number of hydrogen-bond acceptors (Lipinski definition) is 2. The minimum Gasteiger partial charge on any atom is -0.207 e. The van der Waals surface area contributed by atoms with Gasteiger partial charge in [-0.3, -0.25) is 0 Å². The lowest BCUT2D eigenvalue weighted by Crippen LogP contribution is -2.12. The molecule has 0 bridgehead atoms. The summed E-state index contributed by atoms with van der Waals surface area (Å²) >= 11 is 0. The van der Waals surface area contributed by atoms with Crippen LogP contribution in [0.3, 0.4) is 0 Å². The second-order valence-electron chi connectivity index (χ2n) is 4.75. The first-order chi connectivity index (χ1) is 7.47. The van der Waals surface area contributed by atoms with Gasteiger partial charge in [-0.25, -0.2) is 4.39 Å². The van der Waals surface area contributed by atoms with Gasteiger partial charge in [0.25, 0.3) is 0 Å². The molecular weight excluding hydrogens is 205 g/mol. The summed E-state index contributed by atoms with van der Waals surface area (Å²) < 4.78 is 12.7. The molecule has 1 aromatic carbocycles. The molecule has 0 N–H and O–H groups in total. The van der Waals surface area contributed by atoms with E-state index in [9.17, 15) is 4.39 Å². The first kappa shape index (κ1) is 10.8. The van der Waals surface area contributed by atoms with Gasteiger partial charge in [-0.2, -0.15) is 15.0 Å². The molecule has 2 aromatic rings. The number of rotatable bonds is 1. The molecule has 0 aliphatic carbocycles. The van der Waals surface area contributed by atoms with Crippen molar-refractivity contribution in [3.05, 3.63) is 42.0 Å². The van der Waals surface area contributed by atoms with E-state index in [1.807, 2.05) is 0 Å². The molecule has 0 atom stereocenters. The molecule has 1 heterocycles. The van der Waals surface area contributed by atoms with Gasteiger partial charge in [0.1, 0.15) is 5.82 Å². The predicted molar refractivity (Wildman–Crippen MR) is 60.0 cm³/mol. The van der Waals surface area contributed by atoms with E-state index in [-0.39, 0.29) is 11.2 Å². The SMILES string of the molecule is CC(C)(C)c1cnn(-c2ccc(F)cc2)n1. The summed E-state index contributed by atoms with van der Waals surface area (Å²) in [5.41, 5.74) is 1.65. The molecule has 0 aliphatic heterocycles. The summed E-state index contributed by atoms with van der Waals surface area (Å²) in [7, 11) is 0. The molecule has 0 unspecified atom stereocenters. The van der Waals surface area contributed by atoms with Crippen LogP contribution < -0.4 is 0 Å². The summed E-state index contributed by atoms with van der Waals surface area (Å²) in [6, 6.07) is 6.11. The molecule has 0 saturated carbocycles. The van der Waals surface area contributed by atoms with Gasteiger partial charge in [0, 0.05) is 5.41 Å². The zero-order chi connectivity index (χ0) is 11.8. The van der Waals surface area contributed by atoms with Gasteiger partial charge in [-0.05, 0) is 24.3 Å². The van der Waals surface area contributed by atoms with Crippen molar-refractivity contribution in [3.8, 4) is 5.69 Å². The van der Waals surface area contributed by atoms with E-state index in [1.54, 1.807) is 18.3 Å². The third-order valence-corrected chi connectivity index (χ3v) is 2.32. The number of hydrogen-bond donors (Lipinski definition) is 0. The minimum atomic E-state index is -0.257. The summed E-state index contributed by atoms with van der Waals surface area (Å²) in [6.45, 7) is 6.23. The van der Waals surface area contributed by atoms with Crippen LogP contribution in [0.1, 0.15) is 26.5 Å². The average Bonchev–Trinajstić information content (AvgIpc) is 2.67. The van der Waals surface area contributed by atoms with E-state index < -0.39 is 0 Å². The van der Waals surface area contributed by atoms with Gasteiger partial charge < -0.3 is 0 Å². The van der Waals surface area contributed by atoms with Crippen molar-refractivity contribution in [3.63, 3.8) is 0 Å². The topological polar surface area (TPSA) is 30.7 Å². The second-order valence-corrected chi connectivity index (χ2v) is 4.75. The number of aromatic nitrogens is 3. The maximum absolute atomic E-state index is 12.7. The van der Waals surface area contributed by atoms with Crippen molar-refractivity contribution in [1.82, 2.24) is 15.0 Å². The fourth-order valence-electron chi connectivity index (χ4n) is 1.31. The monoisotopic (exact) mass is 219 g/mol. The van der Waals surface area contributed by atoms with Crippen LogP contribution in [-0.4, -0.2) is 15.0 Å². The van der Waals surface area contributed by atoms with Crippen LogP contribution in [-0.2, 0) is 5.41 Å². The van der Waals surface area contributed by atoms with E-state index >= 15 is 0 Å². The fourth-order valence-corrected chi connectivity index (χ4v) is 1.31. The van der Waals surface area contributed by atoms with Crippen LogP contribution in [0.15, 0.2) is 30.5 Å². The predicted octanol–water partition coefficient (Wildman–Crippen LogP) is 2.70. The van der Waals surface area contributed by atoms with E-state index in [0.717, 1.165) is 11.4 Å². The molecule has 4 heteroatoms. The Morgan fingerprint density at radius 1 is 1.12 bits per heavy atom. The summed E-state index contributed by atoms with van der Waals surface area (Å²) in [5.74, 6) is -0.257. The third-order valence-electron chi connectivity index (χ3n) is 2.32. The van der Waals surface area contributed by atoms with Crippen LogP contribution in [0, 0.1) is 5.82 Å². The van der Waals surface area contributed by atoms with E-state index in [1.165, 1.54) is 16.9 Å². The molecule has 16 heavy (non-hydrogen) atoms. The van der Waals surface area contributed by atoms with Crippen molar-refractivity contribution < 1.29 is 4.39 Å². The maximum atomic E-state index is 12.7. The zero-order valence-electron chi connectivity index (χ0n) is 9.61. The Hall–Kier alpha value is -1.71. The number of nitrogens with zero attached hydrogens (tertiary/aromatic N) is 3. The van der Waals surface area contributed by atoms with Gasteiger partial charge in [0.15, 0.2) is 0 Å². The molecule has 1 aromatic heterocycles. The Labute approximate surface area is 93.9 Å². The highest BCUT2D eigenvalue weighted by Gasteiger charge is 2.17. The normalized spacial score (nSPS) is 11.8. The molecule has 0 saturated heterocycles. The smallest absolute Gasteiger partial charge is 0.123 e. The van der Waals surface area contributed by atoms with Crippen LogP contribution in [0.5, 0.6) is 0 Å². The van der Waals surface area contributed by atoms with Gasteiger partial charge in [0.05, 0.1) is 17.6 Å². The van der Waals surface area contributed by atoms with Crippen LogP contribution in [0.4, 0.5) is 4.39 Å². The maximum Gasteiger partial charge on any atom is 0.123 e. The van der Waals surface area contributed by atoms with Crippen molar-refractivity contribution in [2.24, 2.45) is 0 Å². The Kier molecular flexibility index (Phi) is 2.50. The molecule has 0 spiro atoms. The molecule has 3 nitrogen and oxygen atoms in total. The zero-order valence-corrected chi connectivity index (χ0v) is 9.61. The van der Waals surface area contributed by atoms with E-state index in [4.69, 9.17) is 0 Å². The lowest BCUT2D eigenvalue weighted by Gasteiger charge is -2.13. The summed E-state index contributed by atoms with van der Waals surface area (Å²) in [5, 5.41) is 8.53. The van der Waals surface area contributed by atoms with Crippen molar-refractivity contribution in [2.75, 3.05) is 0 Å². The van der Waals surface area contributed by atoms with Crippen molar-refractivity contribution in [1.29, 1.82) is 0 Å². The number of halogens is 1. The lowest BCUT2D eigenvalue weighted by atomic mass is 9.93. The van der Waals surface area contributed by atoms with Gasteiger partial charge in [-0.1, -0.05) is 20.8 Å². The first-order valence-corrected chi connectivity index (χ1v) is 5.15. The fraction of sp³-hybridized carbons (Fsp3) is 0.333. The van der Waals surface area contributed by atoms with Crippen molar-refractivity contribution >= 4 is 0 Å². The molecule has 0 fully saturated rings. The Morgan fingerprint density at radius 2 is 1.75 bits per heavy atom. The highest BCUT2D eigenvalue weighted by atomic mass is 19.1. The lowest BCUT2D eigenvalue weighted by molar-refractivity contribution is 0.558. The molecule has 0 aliphatic rings. The van der Waals surface area contributed by atoms with Gasteiger partial charge in [-0.15, -0.1) is 0 Å². The molecule has 2 rings (SSSR count). The van der Waals surface area contributed by atoms with Crippen LogP contribution in [0.25, 0.3) is 5.69 Å². The highest BCUT2D eigenvalue weighted by Crippen LogP contribution is 2.19. The molecular formula is C12H14FN3. The largest absolute Gasteiger partial charge is 0.207 e. The second kappa shape index (κ2) is 3.70. The third kappa shape index (κ3) is 2.10. The first-order valence-electron chi connectivity index (χ1n) is 5.15. The molecule has 84 valence electrons. The summed E-state index contributed by atoms with van der Waals surface area (Å²) in [4.78, 5) is 1.51. The molecule has 0 radical (unpaired) electrons. The quantitative estimate of drug-likeness (QED) is 0.738. The summed E-state index contributed by atoms with van der Waals surface area (Å²) in [6.07, 6.45) is 1.74. The number of benzene rings is 1. The average molecular weight is 219 g/mol. The van der Waals surface area contributed by atoms with Crippen LogP contribution >= 0.6 is 0 Å². The van der Waals surface area contributed by atoms with Crippen LogP contribution in [0.2, 0.25) is 0 Å². The van der Waals surface area contributed by atoms with Gasteiger partial charge in [0.2, 0.25) is 0 Å². The highest BCUT2D eigenvalue weighted by molar-refractivity contribution is 5.29. The Bertz CT molecular complexity index is 480. The Balaban J connectivity index is 2.35. The van der Waals surface area contributed by atoms with Gasteiger partial charge >= 0.3 is 0 Å².